The van der Waals surface area contributed by atoms with Crippen molar-refractivity contribution in [2.75, 3.05) is 6.54 Å². The molecule has 0 radical (unpaired) electrons. The molecule has 1 aliphatic carbocycles. The molecule has 6 heteroatoms. The number of hydrogen-bond donors (Lipinski definition) is 2. The summed E-state index contributed by atoms with van der Waals surface area (Å²) in [6.07, 6.45) is 5.28. The van der Waals surface area contributed by atoms with Gasteiger partial charge in [-0.1, -0.05) is 11.6 Å². The van der Waals surface area contributed by atoms with Crippen LogP contribution in [0.3, 0.4) is 0 Å². The molecule has 1 saturated heterocycles. The van der Waals surface area contributed by atoms with Crippen LogP contribution < -0.4 is 10.0 Å². The van der Waals surface area contributed by atoms with Gasteiger partial charge >= 0.3 is 0 Å². The fraction of sp³-hybridized carbons (Fsp3) is 0.600. The Bertz CT molecular complexity index is 641. The van der Waals surface area contributed by atoms with Gasteiger partial charge in [-0.05, 0) is 69.3 Å². The van der Waals surface area contributed by atoms with E-state index in [2.05, 4.69) is 10.0 Å². The van der Waals surface area contributed by atoms with Crippen LogP contribution in [0, 0.1) is 6.92 Å². The first-order valence-corrected chi connectivity index (χ1v) is 9.30. The number of sulfonamides is 1. The van der Waals surface area contributed by atoms with Crippen LogP contribution in [0.25, 0.3) is 0 Å². The Hall–Kier alpha value is -0.620. The van der Waals surface area contributed by atoms with Crippen LogP contribution in [0.5, 0.6) is 0 Å². The fourth-order valence-electron chi connectivity index (χ4n) is 3.44. The molecular weight excluding hydrogens is 308 g/mol. The summed E-state index contributed by atoms with van der Waals surface area (Å²) in [5, 5.41) is 4.11. The smallest absolute Gasteiger partial charge is 0.241 e. The Morgan fingerprint density at radius 1 is 1.38 bits per heavy atom. The van der Waals surface area contributed by atoms with Gasteiger partial charge in [0, 0.05) is 16.6 Å². The van der Waals surface area contributed by atoms with Crippen molar-refractivity contribution in [3.63, 3.8) is 0 Å². The SMILES string of the molecule is Cc1cc(Cl)ccc1S(=O)(=O)NC1CCNC2(CCC2)C1. The Balaban J connectivity index is 1.76. The lowest BCUT2D eigenvalue weighted by atomic mass is 9.70. The molecule has 2 aliphatic rings. The quantitative estimate of drug-likeness (QED) is 0.896. The van der Waals surface area contributed by atoms with Gasteiger partial charge in [0.2, 0.25) is 10.0 Å². The fourth-order valence-corrected chi connectivity index (χ4v) is 5.16. The Kier molecular flexibility index (Phi) is 4.03. The highest BCUT2D eigenvalue weighted by atomic mass is 35.5. The van der Waals surface area contributed by atoms with E-state index in [0.29, 0.717) is 15.5 Å². The van der Waals surface area contributed by atoms with Crippen LogP contribution >= 0.6 is 11.6 Å². The number of benzene rings is 1. The van der Waals surface area contributed by atoms with Crippen molar-refractivity contribution in [3.8, 4) is 0 Å². The molecule has 21 heavy (non-hydrogen) atoms. The second-order valence-corrected chi connectivity index (χ2v) is 8.40. The van der Waals surface area contributed by atoms with Crippen molar-refractivity contribution in [3.05, 3.63) is 28.8 Å². The van der Waals surface area contributed by atoms with Crippen molar-refractivity contribution in [1.29, 1.82) is 0 Å². The van der Waals surface area contributed by atoms with Crippen LogP contribution in [0.2, 0.25) is 5.02 Å². The highest BCUT2D eigenvalue weighted by Crippen LogP contribution is 2.38. The predicted molar refractivity (Wildman–Crippen MR) is 84.1 cm³/mol. The number of hydrogen-bond acceptors (Lipinski definition) is 3. The van der Waals surface area contributed by atoms with Crippen LogP contribution in [-0.4, -0.2) is 26.5 Å². The molecular formula is C15H21ClN2O2S. The van der Waals surface area contributed by atoms with Crippen molar-refractivity contribution >= 4 is 21.6 Å². The van der Waals surface area contributed by atoms with Crippen molar-refractivity contribution in [1.82, 2.24) is 10.0 Å². The number of aryl methyl sites for hydroxylation is 1. The molecule has 0 aromatic heterocycles. The topological polar surface area (TPSA) is 58.2 Å². The van der Waals surface area contributed by atoms with Crippen LogP contribution in [0.1, 0.15) is 37.7 Å². The Morgan fingerprint density at radius 2 is 2.14 bits per heavy atom. The molecule has 1 saturated carbocycles. The summed E-state index contributed by atoms with van der Waals surface area (Å²) in [5.41, 5.74) is 0.864. The first kappa shape index (κ1) is 15.3. The van der Waals surface area contributed by atoms with E-state index in [1.54, 1.807) is 25.1 Å². The number of piperidine rings is 1. The molecule has 1 aromatic carbocycles. The molecule has 4 nitrogen and oxygen atoms in total. The summed E-state index contributed by atoms with van der Waals surface area (Å²) in [4.78, 5) is 0.327. The first-order chi connectivity index (χ1) is 9.90. The first-order valence-electron chi connectivity index (χ1n) is 7.44. The lowest BCUT2D eigenvalue weighted by Gasteiger charge is -2.48. The average molecular weight is 329 g/mol. The standard InChI is InChI=1S/C15H21ClN2O2S/c1-11-9-12(16)3-4-14(11)21(19,20)18-13-5-8-17-15(10-13)6-2-7-15/h3-4,9,13,17-18H,2,5-8,10H2,1H3. The van der Waals surface area contributed by atoms with Crippen LogP contribution in [0.15, 0.2) is 23.1 Å². The molecule has 1 atom stereocenters. The van der Waals surface area contributed by atoms with E-state index in [-0.39, 0.29) is 11.6 Å². The van der Waals surface area contributed by atoms with Crippen molar-refractivity contribution < 1.29 is 8.42 Å². The van der Waals surface area contributed by atoms with Gasteiger partial charge < -0.3 is 5.32 Å². The van der Waals surface area contributed by atoms with Crippen molar-refractivity contribution in [2.45, 2.75) is 55.5 Å². The minimum Gasteiger partial charge on any atom is -0.311 e. The van der Waals surface area contributed by atoms with E-state index >= 15 is 0 Å². The van der Waals surface area contributed by atoms with Crippen LogP contribution in [0.4, 0.5) is 0 Å². The zero-order chi connectivity index (χ0) is 15.1. The highest BCUT2D eigenvalue weighted by molar-refractivity contribution is 7.89. The summed E-state index contributed by atoms with van der Waals surface area (Å²) in [6, 6.07) is 4.91. The van der Waals surface area contributed by atoms with Gasteiger partial charge in [0.25, 0.3) is 0 Å². The maximum Gasteiger partial charge on any atom is 0.241 e. The summed E-state index contributed by atoms with van der Waals surface area (Å²) < 4.78 is 28.0. The van der Waals surface area contributed by atoms with Gasteiger partial charge in [0.1, 0.15) is 0 Å². The molecule has 0 amide bonds. The van der Waals surface area contributed by atoms with E-state index in [1.807, 2.05) is 0 Å². The molecule has 116 valence electrons. The van der Waals surface area contributed by atoms with Gasteiger partial charge in [0.05, 0.1) is 4.90 Å². The molecule has 1 heterocycles. The largest absolute Gasteiger partial charge is 0.311 e. The van der Waals surface area contributed by atoms with Crippen molar-refractivity contribution in [2.24, 2.45) is 0 Å². The lowest BCUT2D eigenvalue weighted by Crippen LogP contribution is -2.59. The molecule has 2 N–H and O–H groups in total. The van der Waals surface area contributed by atoms with Gasteiger partial charge in [-0.3, -0.25) is 0 Å². The molecule has 2 fully saturated rings. The molecule has 3 rings (SSSR count). The highest BCUT2D eigenvalue weighted by Gasteiger charge is 2.41. The third kappa shape index (κ3) is 3.11. The minimum absolute atomic E-state index is 0.0200. The Morgan fingerprint density at radius 3 is 2.76 bits per heavy atom. The number of rotatable bonds is 3. The maximum absolute atomic E-state index is 12.6. The normalized spacial score (nSPS) is 24.8. The van der Waals surface area contributed by atoms with E-state index in [1.165, 1.54) is 6.42 Å². The van der Waals surface area contributed by atoms with E-state index < -0.39 is 10.0 Å². The number of nitrogens with one attached hydrogen (secondary N) is 2. The summed E-state index contributed by atoms with van der Waals surface area (Å²) >= 11 is 5.90. The summed E-state index contributed by atoms with van der Waals surface area (Å²) in [6.45, 7) is 2.66. The average Bonchev–Trinajstić information content (AvgIpc) is 2.36. The molecule has 0 bridgehead atoms. The summed E-state index contributed by atoms with van der Waals surface area (Å²) in [7, 11) is -3.48. The van der Waals surface area contributed by atoms with E-state index in [9.17, 15) is 8.42 Å². The predicted octanol–water partition coefficient (Wildman–Crippen LogP) is 2.60. The van der Waals surface area contributed by atoms with E-state index in [0.717, 1.165) is 32.2 Å². The maximum atomic E-state index is 12.6. The minimum atomic E-state index is -3.48. The molecule has 1 unspecified atom stereocenters. The van der Waals surface area contributed by atoms with E-state index in [4.69, 9.17) is 11.6 Å². The van der Waals surface area contributed by atoms with Gasteiger partial charge in [-0.15, -0.1) is 0 Å². The lowest BCUT2D eigenvalue weighted by molar-refractivity contribution is 0.126. The van der Waals surface area contributed by atoms with Gasteiger partial charge in [0.15, 0.2) is 0 Å². The zero-order valence-corrected chi connectivity index (χ0v) is 13.7. The molecule has 1 spiro atoms. The van der Waals surface area contributed by atoms with Gasteiger partial charge in [-0.2, -0.15) is 0 Å². The van der Waals surface area contributed by atoms with Gasteiger partial charge in [-0.25, -0.2) is 13.1 Å². The second-order valence-electron chi connectivity index (χ2n) is 6.28. The van der Waals surface area contributed by atoms with Crippen LogP contribution in [-0.2, 0) is 10.0 Å². The molecule has 1 aromatic rings. The zero-order valence-electron chi connectivity index (χ0n) is 12.2. The number of halogens is 1. The monoisotopic (exact) mass is 328 g/mol. The molecule has 1 aliphatic heterocycles. The third-order valence-electron chi connectivity index (χ3n) is 4.69. The third-order valence-corrected chi connectivity index (χ3v) is 6.60. The Labute approximate surface area is 131 Å². The second kappa shape index (κ2) is 5.54. The summed E-state index contributed by atoms with van der Waals surface area (Å²) in [5.74, 6) is 0.